The first-order valence-corrected chi connectivity index (χ1v) is 14.5. The van der Waals surface area contributed by atoms with Crippen LogP contribution in [0.4, 0.5) is 0 Å². The largest absolute Gasteiger partial charge is 0.284 e. The van der Waals surface area contributed by atoms with E-state index in [-0.39, 0.29) is 0 Å². The number of hydrogen-bond acceptors (Lipinski definition) is 4. The van der Waals surface area contributed by atoms with Crippen molar-refractivity contribution < 1.29 is 0 Å². The third-order valence-corrected chi connectivity index (χ3v) is 8.90. The van der Waals surface area contributed by atoms with E-state index in [4.69, 9.17) is 4.99 Å². The van der Waals surface area contributed by atoms with Crippen LogP contribution in [0.3, 0.4) is 0 Å². The van der Waals surface area contributed by atoms with E-state index < -0.39 is 0 Å². The number of aliphatic imine (C=N–C) groups is 1. The number of fused-ring (bicyclic) bond motifs is 4. The van der Waals surface area contributed by atoms with Gasteiger partial charge in [0.05, 0.1) is 11.4 Å². The fourth-order valence-corrected chi connectivity index (χ4v) is 6.80. The molecule has 0 saturated heterocycles. The molecule has 0 saturated carbocycles. The highest BCUT2D eigenvalue weighted by molar-refractivity contribution is 7.17. The zero-order chi connectivity index (χ0) is 25.3. The van der Waals surface area contributed by atoms with E-state index in [1.165, 1.54) is 53.2 Å². The Balaban J connectivity index is 0.000000127. The van der Waals surface area contributed by atoms with Crippen LogP contribution in [-0.2, 0) is 6.42 Å². The van der Waals surface area contributed by atoms with Gasteiger partial charge in [-0.25, -0.2) is 0 Å². The number of pyridine rings is 1. The van der Waals surface area contributed by atoms with E-state index in [2.05, 4.69) is 119 Å². The molecule has 38 heavy (non-hydrogen) atoms. The summed E-state index contributed by atoms with van der Waals surface area (Å²) in [5.41, 5.74) is 5.98. The van der Waals surface area contributed by atoms with Crippen molar-refractivity contribution in [1.82, 2.24) is 4.98 Å². The molecule has 0 aliphatic carbocycles. The summed E-state index contributed by atoms with van der Waals surface area (Å²) in [6, 6.07) is 36.5. The van der Waals surface area contributed by atoms with Gasteiger partial charge >= 0.3 is 0 Å². The topological polar surface area (TPSA) is 25.2 Å². The third-order valence-electron chi connectivity index (χ3n) is 7.03. The monoisotopic (exact) mass is 524 g/mol. The standard InChI is InChI=1S/C17H13NS.C17H11NS/c2*1-2-4-13-11-14(6-5-12(13)3-1)17-15-8-10-19-16(15)7-9-18-17/h1-6,8,10-11H,7,9H2;1-11H. The molecule has 7 aromatic rings. The second-order valence-corrected chi connectivity index (χ2v) is 11.3. The van der Waals surface area contributed by atoms with Crippen molar-refractivity contribution >= 4 is 60.0 Å². The van der Waals surface area contributed by atoms with Gasteiger partial charge in [0.2, 0.25) is 0 Å². The van der Waals surface area contributed by atoms with E-state index >= 15 is 0 Å². The molecule has 0 atom stereocenters. The molecule has 1 aliphatic heterocycles. The minimum atomic E-state index is 0.912. The van der Waals surface area contributed by atoms with Gasteiger partial charge in [-0.15, -0.1) is 22.7 Å². The zero-order valence-corrected chi connectivity index (χ0v) is 22.3. The molecular weight excluding hydrogens is 501 g/mol. The van der Waals surface area contributed by atoms with Crippen molar-refractivity contribution in [2.45, 2.75) is 6.42 Å². The van der Waals surface area contributed by atoms with E-state index in [1.807, 2.05) is 17.5 Å². The van der Waals surface area contributed by atoms with Crippen molar-refractivity contribution in [3.63, 3.8) is 0 Å². The van der Waals surface area contributed by atoms with Gasteiger partial charge in [-0.2, -0.15) is 0 Å². The Labute approximate surface area is 229 Å². The molecule has 0 fully saturated rings. The maximum absolute atomic E-state index is 4.74. The summed E-state index contributed by atoms with van der Waals surface area (Å²) in [5.74, 6) is 0. The zero-order valence-electron chi connectivity index (χ0n) is 20.7. The summed E-state index contributed by atoms with van der Waals surface area (Å²) in [7, 11) is 0. The number of aromatic nitrogens is 1. The van der Waals surface area contributed by atoms with Crippen LogP contribution >= 0.6 is 22.7 Å². The highest BCUT2D eigenvalue weighted by Gasteiger charge is 2.16. The van der Waals surface area contributed by atoms with Gasteiger partial charge in [0.25, 0.3) is 0 Å². The molecule has 0 amide bonds. The molecule has 0 unspecified atom stereocenters. The third kappa shape index (κ3) is 4.32. The average Bonchev–Trinajstić information content (AvgIpc) is 3.67. The molecule has 0 spiro atoms. The van der Waals surface area contributed by atoms with Gasteiger partial charge in [-0.3, -0.25) is 9.98 Å². The molecule has 182 valence electrons. The average molecular weight is 525 g/mol. The van der Waals surface area contributed by atoms with Crippen molar-refractivity contribution in [1.29, 1.82) is 0 Å². The molecule has 4 aromatic carbocycles. The first kappa shape index (κ1) is 23.0. The maximum Gasteiger partial charge on any atom is 0.0788 e. The summed E-state index contributed by atoms with van der Waals surface area (Å²) < 4.78 is 1.29. The second-order valence-electron chi connectivity index (χ2n) is 9.35. The lowest BCUT2D eigenvalue weighted by atomic mass is 9.97. The van der Waals surface area contributed by atoms with E-state index in [0.29, 0.717) is 0 Å². The Bertz CT molecular complexity index is 1940. The van der Waals surface area contributed by atoms with Crippen LogP contribution in [-0.4, -0.2) is 17.2 Å². The van der Waals surface area contributed by atoms with Crippen LogP contribution in [0.25, 0.3) is 42.9 Å². The first-order chi connectivity index (χ1) is 18.8. The number of hydrogen-bond donors (Lipinski definition) is 0. The fraction of sp³-hybridized carbons (Fsp3) is 0.0588. The Morgan fingerprint density at radius 2 is 1.29 bits per heavy atom. The molecule has 4 heteroatoms. The van der Waals surface area contributed by atoms with Crippen LogP contribution in [0.1, 0.15) is 16.0 Å². The summed E-state index contributed by atoms with van der Waals surface area (Å²) in [6.45, 7) is 0.912. The van der Waals surface area contributed by atoms with Gasteiger partial charge < -0.3 is 0 Å². The SMILES string of the molecule is c1ccc2cc(-c3nccc4sccc34)ccc2c1.c1ccc2cc(C3=NCCc4sccc43)ccc2c1. The van der Waals surface area contributed by atoms with Gasteiger partial charge in [0, 0.05) is 50.8 Å². The summed E-state index contributed by atoms with van der Waals surface area (Å²) in [5, 5.41) is 10.6. The normalized spacial score (nSPS) is 12.7. The van der Waals surface area contributed by atoms with Crippen molar-refractivity contribution in [3.8, 4) is 11.3 Å². The number of nitrogens with zero attached hydrogens (tertiary/aromatic N) is 2. The smallest absolute Gasteiger partial charge is 0.0788 e. The minimum absolute atomic E-state index is 0.912. The fourth-order valence-electron chi connectivity index (χ4n) is 5.14. The Morgan fingerprint density at radius 1 is 0.605 bits per heavy atom. The lowest BCUT2D eigenvalue weighted by molar-refractivity contribution is 0.966. The highest BCUT2D eigenvalue weighted by Crippen LogP contribution is 2.31. The van der Waals surface area contributed by atoms with Crippen LogP contribution in [0.15, 0.2) is 125 Å². The number of rotatable bonds is 2. The van der Waals surface area contributed by atoms with E-state index in [0.717, 1.165) is 24.4 Å². The van der Waals surface area contributed by atoms with Gasteiger partial charge in [-0.05, 0) is 62.6 Å². The highest BCUT2D eigenvalue weighted by atomic mass is 32.1. The molecule has 2 nitrogen and oxygen atoms in total. The summed E-state index contributed by atoms with van der Waals surface area (Å²) in [6.07, 6.45) is 2.98. The molecule has 0 bridgehead atoms. The molecular formula is C34H24N2S2. The minimum Gasteiger partial charge on any atom is -0.284 e. The Kier molecular flexibility index (Phi) is 6.05. The van der Waals surface area contributed by atoms with E-state index in [9.17, 15) is 0 Å². The van der Waals surface area contributed by atoms with E-state index in [1.54, 1.807) is 11.3 Å². The molecule has 0 N–H and O–H groups in total. The molecule has 3 aromatic heterocycles. The van der Waals surface area contributed by atoms with Crippen LogP contribution < -0.4 is 0 Å². The molecule has 4 heterocycles. The Hall–Kier alpha value is -4.12. The first-order valence-electron chi connectivity index (χ1n) is 12.8. The molecule has 1 aliphatic rings. The second kappa shape index (κ2) is 9.97. The molecule has 0 radical (unpaired) electrons. The predicted molar refractivity (Wildman–Crippen MR) is 165 cm³/mol. The predicted octanol–water partition coefficient (Wildman–Crippen LogP) is 9.41. The van der Waals surface area contributed by atoms with Crippen molar-refractivity contribution in [2.24, 2.45) is 4.99 Å². The van der Waals surface area contributed by atoms with Crippen LogP contribution in [0.2, 0.25) is 0 Å². The lowest BCUT2D eigenvalue weighted by Gasteiger charge is -2.13. The van der Waals surface area contributed by atoms with Crippen LogP contribution in [0.5, 0.6) is 0 Å². The van der Waals surface area contributed by atoms with Gasteiger partial charge in [-0.1, -0.05) is 72.8 Å². The van der Waals surface area contributed by atoms with Crippen LogP contribution in [0, 0.1) is 0 Å². The quantitative estimate of drug-likeness (QED) is 0.221. The lowest BCUT2D eigenvalue weighted by Crippen LogP contribution is -2.11. The summed E-state index contributed by atoms with van der Waals surface area (Å²) in [4.78, 5) is 10.8. The molecule has 8 rings (SSSR count). The van der Waals surface area contributed by atoms with Crippen molar-refractivity contribution in [3.05, 3.63) is 136 Å². The van der Waals surface area contributed by atoms with Crippen molar-refractivity contribution in [2.75, 3.05) is 6.54 Å². The maximum atomic E-state index is 4.74. The van der Waals surface area contributed by atoms with Gasteiger partial charge in [0.1, 0.15) is 0 Å². The van der Waals surface area contributed by atoms with Gasteiger partial charge in [0.15, 0.2) is 0 Å². The number of thiophene rings is 2. The number of benzene rings is 4. The summed E-state index contributed by atoms with van der Waals surface area (Å²) >= 11 is 3.61. The Morgan fingerprint density at radius 3 is 2.08 bits per heavy atom.